The fourth-order valence-corrected chi connectivity index (χ4v) is 1.94. The molecule has 20 heavy (non-hydrogen) atoms. The van der Waals surface area contributed by atoms with Crippen LogP contribution in [0, 0.1) is 11.6 Å². The van der Waals surface area contributed by atoms with Crippen molar-refractivity contribution in [1.29, 1.82) is 0 Å². The van der Waals surface area contributed by atoms with Gasteiger partial charge >= 0.3 is 0 Å². The van der Waals surface area contributed by atoms with Crippen molar-refractivity contribution in [3.63, 3.8) is 0 Å². The second-order valence-electron chi connectivity index (χ2n) is 4.76. The summed E-state index contributed by atoms with van der Waals surface area (Å²) < 4.78 is 31.8. The van der Waals surface area contributed by atoms with E-state index < -0.39 is 17.2 Å². The molecule has 0 radical (unpaired) electrons. The van der Waals surface area contributed by atoms with Crippen molar-refractivity contribution in [1.82, 2.24) is 10.1 Å². The van der Waals surface area contributed by atoms with Gasteiger partial charge in [0.15, 0.2) is 17.5 Å². The number of rotatable bonds is 5. The number of nitrogens with two attached hydrogens (primary N) is 1. The Morgan fingerprint density at radius 2 is 1.95 bits per heavy atom. The van der Waals surface area contributed by atoms with Gasteiger partial charge in [0, 0.05) is 5.56 Å². The first-order valence-electron chi connectivity index (χ1n) is 6.55. The lowest BCUT2D eigenvalue weighted by atomic mass is 9.93. The van der Waals surface area contributed by atoms with E-state index in [1.165, 1.54) is 12.1 Å². The van der Waals surface area contributed by atoms with Gasteiger partial charge in [-0.05, 0) is 18.9 Å². The fourth-order valence-electron chi connectivity index (χ4n) is 1.94. The predicted octanol–water partition coefficient (Wildman–Crippen LogP) is 2.91. The summed E-state index contributed by atoms with van der Waals surface area (Å²) in [5.41, 5.74) is 5.69. The Hall–Kier alpha value is -1.82. The maximum atomic E-state index is 13.6. The van der Waals surface area contributed by atoms with E-state index in [9.17, 15) is 8.78 Å². The van der Waals surface area contributed by atoms with Crippen LogP contribution in [0.2, 0.25) is 0 Å². The molecule has 1 aromatic heterocycles. The van der Waals surface area contributed by atoms with Gasteiger partial charge in [0.25, 0.3) is 0 Å². The minimum atomic E-state index is -0.891. The number of hydrogen-bond donors (Lipinski definition) is 1. The topological polar surface area (TPSA) is 64.9 Å². The molecular weight excluding hydrogens is 264 g/mol. The summed E-state index contributed by atoms with van der Waals surface area (Å²) in [4.78, 5) is 4.20. The summed E-state index contributed by atoms with van der Waals surface area (Å²) in [6.07, 6.45) is 1.37. The lowest BCUT2D eigenvalue weighted by molar-refractivity contribution is 0.337. The smallest absolute Gasteiger partial charge is 0.231 e. The molecule has 2 N–H and O–H groups in total. The highest BCUT2D eigenvalue weighted by atomic mass is 19.2. The molecule has 2 rings (SSSR count). The molecule has 0 saturated carbocycles. The van der Waals surface area contributed by atoms with Gasteiger partial charge in [-0.2, -0.15) is 4.98 Å². The van der Waals surface area contributed by atoms with Gasteiger partial charge in [-0.15, -0.1) is 0 Å². The van der Waals surface area contributed by atoms with Crippen LogP contribution in [0.5, 0.6) is 0 Å². The van der Waals surface area contributed by atoms with Crippen molar-refractivity contribution in [3.8, 4) is 0 Å². The average molecular weight is 281 g/mol. The Balaban J connectivity index is 2.24. The Labute approximate surface area is 116 Å². The molecular formula is C14H17F2N3O. The van der Waals surface area contributed by atoms with Crippen molar-refractivity contribution < 1.29 is 13.3 Å². The van der Waals surface area contributed by atoms with Crippen LogP contribution in [0.15, 0.2) is 22.7 Å². The molecule has 108 valence electrons. The predicted molar refractivity (Wildman–Crippen MR) is 69.9 cm³/mol. The SMILES string of the molecule is CCC(N)(CC)c1noc(Cc2cccc(F)c2F)n1. The normalized spacial score (nSPS) is 11.8. The highest BCUT2D eigenvalue weighted by Gasteiger charge is 2.29. The Morgan fingerprint density at radius 1 is 1.25 bits per heavy atom. The van der Waals surface area contributed by atoms with Gasteiger partial charge in [-0.1, -0.05) is 31.1 Å². The molecule has 1 heterocycles. The van der Waals surface area contributed by atoms with E-state index in [4.69, 9.17) is 10.3 Å². The summed E-state index contributed by atoms with van der Waals surface area (Å²) >= 11 is 0. The molecule has 0 aliphatic rings. The van der Waals surface area contributed by atoms with Crippen molar-refractivity contribution in [3.05, 3.63) is 47.1 Å². The zero-order chi connectivity index (χ0) is 14.8. The van der Waals surface area contributed by atoms with Crippen LogP contribution >= 0.6 is 0 Å². The number of aromatic nitrogens is 2. The monoisotopic (exact) mass is 281 g/mol. The zero-order valence-electron chi connectivity index (χ0n) is 11.5. The maximum Gasteiger partial charge on any atom is 0.231 e. The standard InChI is InChI=1S/C14H17F2N3O/c1-3-14(17,4-2)13-18-11(20-19-13)8-9-6-5-7-10(15)12(9)16/h5-7H,3-4,8,17H2,1-2H3. The molecule has 0 bridgehead atoms. The quantitative estimate of drug-likeness (QED) is 0.915. The second-order valence-corrected chi connectivity index (χ2v) is 4.76. The van der Waals surface area contributed by atoms with Gasteiger partial charge < -0.3 is 10.3 Å². The summed E-state index contributed by atoms with van der Waals surface area (Å²) in [6, 6.07) is 3.99. The van der Waals surface area contributed by atoms with Gasteiger partial charge in [0.2, 0.25) is 5.89 Å². The van der Waals surface area contributed by atoms with E-state index in [1.54, 1.807) is 0 Å². The molecule has 1 aromatic carbocycles. The van der Waals surface area contributed by atoms with Crippen molar-refractivity contribution in [2.75, 3.05) is 0 Å². The van der Waals surface area contributed by atoms with Crippen LogP contribution in [0.25, 0.3) is 0 Å². The minimum Gasteiger partial charge on any atom is -0.339 e. The summed E-state index contributed by atoms with van der Waals surface area (Å²) in [5.74, 6) is -1.16. The number of hydrogen-bond acceptors (Lipinski definition) is 4. The first-order valence-corrected chi connectivity index (χ1v) is 6.55. The molecule has 0 unspecified atom stereocenters. The molecule has 0 amide bonds. The van der Waals surface area contributed by atoms with E-state index >= 15 is 0 Å². The van der Waals surface area contributed by atoms with Crippen LogP contribution in [-0.2, 0) is 12.0 Å². The highest BCUT2D eigenvalue weighted by molar-refractivity contribution is 5.22. The lowest BCUT2D eigenvalue weighted by Crippen LogP contribution is -2.36. The molecule has 0 fully saturated rings. The van der Waals surface area contributed by atoms with Crippen LogP contribution in [0.4, 0.5) is 8.78 Å². The number of benzene rings is 1. The summed E-state index contributed by atoms with van der Waals surface area (Å²) in [5, 5.41) is 3.85. The first kappa shape index (κ1) is 14.6. The molecule has 0 atom stereocenters. The van der Waals surface area contributed by atoms with E-state index in [-0.39, 0.29) is 17.9 Å². The summed E-state index contributed by atoms with van der Waals surface area (Å²) in [7, 11) is 0. The molecule has 0 aliphatic heterocycles. The van der Waals surface area contributed by atoms with Crippen LogP contribution in [-0.4, -0.2) is 10.1 Å². The molecule has 0 saturated heterocycles. The van der Waals surface area contributed by atoms with Gasteiger partial charge in [0.1, 0.15) is 0 Å². The van der Waals surface area contributed by atoms with Gasteiger partial charge in [0.05, 0.1) is 12.0 Å². The lowest BCUT2D eigenvalue weighted by Gasteiger charge is -2.21. The van der Waals surface area contributed by atoms with Gasteiger partial charge in [-0.3, -0.25) is 0 Å². The molecule has 0 spiro atoms. The zero-order valence-corrected chi connectivity index (χ0v) is 11.5. The molecule has 4 nitrogen and oxygen atoms in total. The third-order valence-electron chi connectivity index (χ3n) is 3.55. The van der Waals surface area contributed by atoms with Gasteiger partial charge in [-0.25, -0.2) is 8.78 Å². The van der Waals surface area contributed by atoms with Crippen LogP contribution < -0.4 is 5.73 Å². The molecule has 2 aromatic rings. The van der Waals surface area contributed by atoms with E-state index in [2.05, 4.69) is 10.1 Å². The van der Waals surface area contributed by atoms with E-state index in [1.807, 2.05) is 13.8 Å². The van der Waals surface area contributed by atoms with E-state index in [0.717, 1.165) is 6.07 Å². The Bertz CT molecular complexity index is 594. The average Bonchev–Trinajstić information content (AvgIpc) is 2.92. The van der Waals surface area contributed by atoms with Crippen LogP contribution in [0.3, 0.4) is 0 Å². The van der Waals surface area contributed by atoms with Crippen molar-refractivity contribution in [2.24, 2.45) is 5.73 Å². The van der Waals surface area contributed by atoms with Crippen molar-refractivity contribution in [2.45, 2.75) is 38.6 Å². The number of nitrogens with zero attached hydrogens (tertiary/aromatic N) is 2. The highest BCUT2D eigenvalue weighted by Crippen LogP contribution is 2.23. The largest absolute Gasteiger partial charge is 0.339 e. The Morgan fingerprint density at radius 3 is 2.60 bits per heavy atom. The fraction of sp³-hybridized carbons (Fsp3) is 0.429. The van der Waals surface area contributed by atoms with Crippen LogP contribution in [0.1, 0.15) is 44.0 Å². The number of halogens is 2. The molecule has 0 aliphatic carbocycles. The second kappa shape index (κ2) is 5.66. The van der Waals surface area contributed by atoms with Crippen molar-refractivity contribution >= 4 is 0 Å². The minimum absolute atomic E-state index is 0.0418. The first-order chi connectivity index (χ1) is 9.50. The molecule has 6 heteroatoms. The van der Waals surface area contributed by atoms with E-state index in [0.29, 0.717) is 18.7 Å². The third-order valence-corrected chi connectivity index (χ3v) is 3.55. The Kier molecular flexibility index (Phi) is 4.13. The maximum absolute atomic E-state index is 13.6. The third kappa shape index (κ3) is 2.70. The summed E-state index contributed by atoms with van der Waals surface area (Å²) in [6.45, 7) is 3.87.